The van der Waals surface area contributed by atoms with Gasteiger partial charge < -0.3 is 4.74 Å². The molecular formula is C9H11N3O5S. The Morgan fingerprint density at radius 1 is 1.56 bits per heavy atom. The fourth-order valence-electron chi connectivity index (χ4n) is 1.30. The second kappa shape index (κ2) is 4.41. The third kappa shape index (κ3) is 3.06. The third-order valence-electron chi connectivity index (χ3n) is 2.17. The number of pyridine rings is 1. The van der Waals surface area contributed by atoms with Crippen molar-refractivity contribution in [3.05, 3.63) is 22.4 Å². The molecule has 0 amide bonds. The average Bonchev–Trinajstić information content (AvgIpc) is 3.01. The Morgan fingerprint density at radius 2 is 2.22 bits per heavy atom. The lowest BCUT2D eigenvalue weighted by atomic mass is 10.3. The summed E-state index contributed by atoms with van der Waals surface area (Å²) in [5, 5.41) is 10.9. The third-order valence-corrected chi connectivity index (χ3v) is 2.74. The molecule has 0 aromatic carbocycles. The van der Waals surface area contributed by atoms with Crippen LogP contribution in [0.1, 0.15) is 12.8 Å². The number of hydrogen-bond donors (Lipinski definition) is 1. The zero-order chi connectivity index (χ0) is 13.3. The molecule has 1 N–H and O–H groups in total. The molecule has 2 rings (SSSR count). The maximum atomic E-state index is 11.2. The van der Waals surface area contributed by atoms with Crippen molar-refractivity contribution in [1.29, 1.82) is 0 Å². The van der Waals surface area contributed by atoms with Crippen molar-refractivity contribution in [2.24, 2.45) is 0 Å². The van der Waals surface area contributed by atoms with Crippen molar-refractivity contribution in [1.82, 2.24) is 4.98 Å². The van der Waals surface area contributed by atoms with E-state index >= 15 is 0 Å². The molecule has 1 aromatic rings. The van der Waals surface area contributed by atoms with Crippen molar-refractivity contribution < 1.29 is 18.1 Å². The zero-order valence-corrected chi connectivity index (χ0v) is 10.3. The second-order valence-electron chi connectivity index (χ2n) is 3.96. The summed E-state index contributed by atoms with van der Waals surface area (Å²) in [6, 6.07) is 1.17. The molecule has 98 valence electrons. The van der Waals surface area contributed by atoms with Crippen LogP contribution >= 0.6 is 0 Å². The van der Waals surface area contributed by atoms with Gasteiger partial charge in [-0.1, -0.05) is 0 Å². The van der Waals surface area contributed by atoms with Gasteiger partial charge in [0.05, 0.1) is 17.3 Å². The Hall–Kier alpha value is -1.90. The second-order valence-corrected chi connectivity index (χ2v) is 5.70. The monoisotopic (exact) mass is 273 g/mol. The largest absolute Gasteiger partial charge is 0.481 e. The summed E-state index contributed by atoms with van der Waals surface area (Å²) in [5.41, 5.74) is -0.303. The van der Waals surface area contributed by atoms with Crippen molar-refractivity contribution in [2.45, 2.75) is 18.9 Å². The molecule has 0 unspecified atom stereocenters. The number of hydrogen-bond acceptors (Lipinski definition) is 6. The standard InChI is InChI=1S/C9H11N3O5S/c1-18(15,16)11-9-8(17-6-2-3-6)7(12(13)14)4-5-10-9/h4-6H,2-3H2,1H3,(H,10,11). The fraction of sp³-hybridized carbons (Fsp3) is 0.444. The summed E-state index contributed by atoms with van der Waals surface area (Å²) in [7, 11) is -3.57. The lowest BCUT2D eigenvalue weighted by Gasteiger charge is -2.10. The zero-order valence-electron chi connectivity index (χ0n) is 9.49. The molecular weight excluding hydrogens is 262 g/mol. The summed E-state index contributed by atoms with van der Waals surface area (Å²) in [5.74, 6) is -0.283. The highest BCUT2D eigenvalue weighted by molar-refractivity contribution is 7.92. The summed E-state index contributed by atoms with van der Waals surface area (Å²) >= 11 is 0. The van der Waals surface area contributed by atoms with Gasteiger partial charge in [-0.25, -0.2) is 13.4 Å². The predicted octanol–water partition coefficient (Wildman–Crippen LogP) is 0.902. The molecule has 0 atom stereocenters. The molecule has 0 saturated heterocycles. The average molecular weight is 273 g/mol. The molecule has 0 aliphatic heterocycles. The Morgan fingerprint density at radius 3 is 2.72 bits per heavy atom. The van der Waals surface area contributed by atoms with Crippen molar-refractivity contribution >= 4 is 21.5 Å². The predicted molar refractivity (Wildman–Crippen MR) is 63.0 cm³/mol. The van der Waals surface area contributed by atoms with Gasteiger partial charge >= 0.3 is 5.69 Å². The fourth-order valence-corrected chi connectivity index (χ4v) is 1.80. The number of nitro groups is 1. The van der Waals surface area contributed by atoms with Crippen LogP contribution in [-0.4, -0.2) is 30.7 Å². The molecule has 8 nitrogen and oxygen atoms in total. The quantitative estimate of drug-likeness (QED) is 0.630. The topological polar surface area (TPSA) is 111 Å². The molecule has 1 aliphatic rings. The summed E-state index contributed by atoms with van der Waals surface area (Å²) in [6.07, 6.45) is 3.59. The van der Waals surface area contributed by atoms with E-state index in [1.165, 1.54) is 6.07 Å². The molecule has 1 aliphatic carbocycles. The highest BCUT2D eigenvalue weighted by atomic mass is 32.2. The van der Waals surface area contributed by atoms with Crippen LogP contribution in [0.2, 0.25) is 0 Å². The summed E-state index contributed by atoms with van der Waals surface area (Å²) < 4.78 is 29.8. The van der Waals surface area contributed by atoms with Gasteiger partial charge in [-0.3, -0.25) is 14.8 Å². The van der Waals surface area contributed by atoms with E-state index in [4.69, 9.17) is 4.74 Å². The van der Waals surface area contributed by atoms with Crippen LogP contribution in [0.25, 0.3) is 0 Å². The summed E-state index contributed by atoms with van der Waals surface area (Å²) in [6.45, 7) is 0. The number of nitrogens with zero attached hydrogens (tertiary/aromatic N) is 2. The molecule has 1 aromatic heterocycles. The Kier molecular flexibility index (Phi) is 3.07. The number of sulfonamides is 1. The van der Waals surface area contributed by atoms with Crippen LogP contribution in [0.3, 0.4) is 0 Å². The number of nitrogens with one attached hydrogen (secondary N) is 1. The maximum absolute atomic E-state index is 11.2. The van der Waals surface area contributed by atoms with Crippen LogP contribution in [0.5, 0.6) is 5.75 Å². The van der Waals surface area contributed by atoms with E-state index in [-0.39, 0.29) is 23.4 Å². The van der Waals surface area contributed by atoms with Crippen LogP contribution < -0.4 is 9.46 Å². The van der Waals surface area contributed by atoms with Crippen LogP contribution in [-0.2, 0) is 10.0 Å². The molecule has 18 heavy (non-hydrogen) atoms. The van der Waals surface area contributed by atoms with Gasteiger partial charge in [0.25, 0.3) is 0 Å². The Balaban J connectivity index is 2.42. The minimum Gasteiger partial charge on any atom is -0.481 e. The first-order chi connectivity index (χ1) is 8.37. The van der Waals surface area contributed by atoms with Gasteiger partial charge in [0.1, 0.15) is 0 Å². The van der Waals surface area contributed by atoms with Gasteiger partial charge in [0, 0.05) is 12.3 Å². The smallest absolute Gasteiger partial charge is 0.316 e. The van der Waals surface area contributed by atoms with Gasteiger partial charge in [-0.15, -0.1) is 0 Å². The van der Waals surface area contributed by atoms with E-state index in [0.717, 1.165) is 25.3 Å². The lowest BCUT2D eigenvalue weighted by molar-refractivity contribution is -0.385. The molecule has 1 fully saturated rings. The normalized spacial score (nSPS) is 15.2. The Bertz CT molecular complexity index is 582. The van der Waals surface area contributed by atoms with E-state index in [1.54, 1.807) is 0 Å². The SMILES string of the molecule is CS(=O)(=O)Nc1nccc([N+](=O)[O-])c1OC1CC1. The van der Waals surface area contributed by atoms with Crippen molar-refractivity contribution in [2.75, 3.05) is 11.0 Å². The van der Waals surface area contributed by atoms with E-state index in [0.29, 0.717) is 0 Å². The number of ether oxygens (including phenoxy) is 1. The number of anilines is 1. The Labute approximate surface area is 103 Å². The number of aromatic nitrogens is 1. The van der Waals surface area contributed by atoms with Gasteiger partial charge in [-0.05, 0) is 12.8 Å². The van der Waals surface area contributed by atoms with E-state index < -0.39 is 14.9 Å². The molecule has 0 bridgehead atoms. The van der Waals surface area contributed by atoms with Gasteiger partial charge in [0.15, 0.2) is 5.82 Å². The first-order valence-corrected chi connectivity index (χ1v) is 7.04. The minimum absolute atomic E-state index is 0.104. The highest BCUT2D eigenvalue weighted by Crippen LogP contribution is 2.38. The van der Waals surface area contributed by atoms with Crippen molar-refractivity contribution in [3.8, 4) is 5.75 Å². The molecule has 9 heteroatoms. The molecule has 0 spiro atoms. The lowest BCUT2D eigenvalue weighted by Crippen LogP contribution is -2.13. The molecule has 1 heterocycles. The van der Waals surface area contributed by atoms with E-state index in [1.807, 2.05) is 0 Å². The van der Waals surface area contributed by atoms with Crippen LogP contribution in [0.15, 0.2) is 12.3 Å². The van der Waals surface area contributed by atoms with E-state index in [9.17, 15) is 18.5 Å². The van der Waals surface area contributed by atoms with Crippen LogP contribution in [0, 0.1) is 10.1 Å². The first kappa shape index (κ1) is 12.6. The minimum atomic E-state index is -3.57. The van der Waals surface area contributed by atoms with Crippen LogP contribution in [0.4, 0.5) is 11.5 Å². The number of rotatable bonds is 5. The van der Waals surface area contributed by atoms with Gasteiger partial charge in [-0.2, -0.15) is 0 Å². The van der Waals surface area contributed by atoms with E-state index in [2.05, 4.69) is 9.71 Å². The van der Waals surface area contributed by atoms with Crippen molar-refractivity contribution in [3.63, 3.8) is 0 Å². The summed E-state index contributed by atoms with van der Waals surface area (Å²) in [4.78, 5) is 14.0. The highest BCUT2D eigenvalue weighted by Gasteiger charge is 2.30. The maximum Gasteiger partial charge on any atom is 0.316 e. The molecule has 0 radical (unpaired) electrons. The van der Waals surface area contributed by atoms with Gasteiger partial charge in [0.2, 0.25) is 15.8 Å². The first-order valence-electron chi connectivity index (χ1n) is 5.14. The molecule has 1 saturated carbocycles.